The molecule has 1 aromatic carbocycles. The van der Waals surface area contributed by atoms with E-state index in [1.807, 2.05) is 27.7 Å². The summed E-state index contributed by atoms with van der Waals surface area (Å²) < 4.78 is 0. The number of nitrogens with two attached hydrogens (primary N) is 1. The fraction of sp³-hybridized carbons (Fsp3) is 0.579. The minimum atomic E-state index is -0.425. The normalized spacial score (nSPS) is 16.9. The van der Waals surface area contributed by atoms with E-state index < -0.39 is 5.54 Å². The third-order valence-electron chi connectivity index (χ3n) is 4.49. The van der Waals surface area contributed by atoms with Gasteiger partial charge in [-0.25, -0.2) is 0 Å². The maximum absolute atomic E-state index is 12.7. The molecular weight excluding hydrogens is 338 g/mol. The number of carbonyl (C=O) groups is 2. The first-order valence-corrected chi connectivity index (χ1v) is 9.04. The van der Waals surface area contributed by atoms with Gasteiger partial charge in [0.25, 0.3) is 5.91 Å². The van der Waals surface area contributed by atoms with Crippen LogP contribution in [-0.2, 0) is 4.79 Å². The van der Waals surface area contributed by atoms with Crippen molar-refractivity contribution in [2.75, 3.05) is 11.9 Å². The van der Waals surface area contributed by atoms with Crippen molar-refractivity contribution in [2.45, 2.75) is 52.5 Å². The van der Waals surface area contributed by atoms with E-state index in [0.29, 0.717) is 35.2 Å². The average molecular weight is 366 g/mol. The van der Waals surface area contributed by atoms with E-state index in [1.165, 1.54) is 0 Å². The second-order valence-corrected chi connectivity index (χ2v) is 8.74. The summed E-state index contributed by atoms with van der Waals surface area (Å²) in [5.74, 6) is 0.0534. The van der Waals surface area contributed by atoms with Gasteiger partial charge in [-0.3, -0.25) is 9.59 Å². The predicted octanol–water partition coefficient (Wildman–Crippen LogP) is 3.57. The maximum atomic E-state index is 12.7. The van der Waals surface area contributed by atoms with Crippen molar-refractivity contribution in [3.63, 3.8) is 0 Å². The van der Waals surface area contributed by atoms with E-state index >= 15 is 0 Å². The molecule has 0 aliphatic heterocycles. The van der Waals surface area contributed by atoms with Crippen molar-refractivity contribution in [3.8, 4) is 0 Å². The van der Waals surface area contributed by atoms with Crippen LogP contribution in [0.5, 0.6) is 0 Å². The SMILES string of the molecule is CC(C)(C)CC(=O)Nc1ccc(Cl)c(C(=O)NC(C)(CN)C2CC2)c1. The van der Waals surface area contributed by atoms with Crippen molar-refractivity contribution in [3.05, 3.63) is 28.8 Å². The van der Waals surface area contributed by atoms with E-state index in [2.05, 4.69) is 10.6 Å². The molecule has 0 heterocycles. The molecule has 138 valence electrons. The first-order valence-electron chi connectivity index (χ1n) is 8.66. The highest BCUT2D eigenvalue weighted by atomic mass is 35.5. The molecule has 1 aromatic rings. The molecule has 2 amide bonds. The fourth-order valence-electron chi connectivity index (χ4n) is 2.83. The van der Waals surface area contributed by atoms with Crippen LogP contribution < -0.4 is 16.4 Å². The summed E-state index contributed by atoms with van der Waals surface area (Å²) in [4.78, 5) is 24.8. The smallest absolute Gasteiger partial charge is 0.253 e. The predicted molar refractivity (Wildman–Crippen MR) is 102 cm³/mol. The van der Waals surface area contributed by atoms with Crippen LogP contribution in [0.2, 0.25) is 5.02 Å². The minimum absolute atomic E-state index is 0.0917. The largest absolute Gasteiger partial charge is 0.345 e. The van der Waals surface area contributed by atoms with Gasteiger partial charge in [0.15, 0.2) is 0 Å². The van der Waals surface area contributed by atoms with E-state index in [0.717, 1.165) is 12.8 Å². The zero-order chi connectivity index (χ0) is 18.8. The summed E-state index contributed by atoms with van der Waals surface area (Å²) in [7, 11) is 0. The summed E-state index contributed by atoms with van der Waals surface area (Å²) in [5.41, 5.74) is 6.23. The van der Waals surface area contributed by atoms with Gasteiger partial charge in [0, 0.05) is 18.7 Å². The quantitative estimate of drug-likeness (QED) is 0.720. The summed E-state index contributed by atoms with van der Waals surface area (Å²) in [6.07, 6.45) is 2.54. The molecule has 1 aliphatic rings. The monoisotopic (exact) mass is 365 g/mol. The van der Waals surface area contributed by atoms with Gasteiger partial charge in [-0.05, 0) is 49.3 Å². The molecule has 0 spiro atoms. The van der Waals surface area contributed by atoms with Crippen LogP contribution in [-0.4, -0.2) is 23.9 Å². The van der Waals surface area contributed by atoms with E-state index in [9.17, 15) is 9.59 Å². The number of rotatable bonds is 6. The second-order valence-electron chi connectivity index (χ2n) is 8.33. The van der Waals surface area contributed by atoms with Gasteiger partial charge >= 0.3 is 0 Å². The molecule has 0 aromatic heterocycles. The number of hydrogen-bond acceptors (Lipinski definition) is 3. The fourth-order valence-corrected chi connectivity index (χ4v) is 3.03. The lowest BCUT2D eigenvalue weighted by molar-refractivity contribution is -0.117. The highest BCUT2D eigenvalue weighted by Gasteiger charge is 2.41. The number of halogens is 1. The number of amides is 2. The lowest BCUT2D eigenvalue weighted by Gasteiger charge is -2.29. The van der Waals surface area contributed by atoms with Crippen molar-refractivity contribution in [1.82, 2.24) is 5.32 Å². The first kappa shape index (κ1) is 19.7. The Labute approximate surface area is 154 Å². The number of benzene rings is 1. The summed E-state index contributed by atoms with van der Waals surface area (Å²) in [6.45, 7) is 8.34. The third kappa shape index (κ3) is 5.44. The minimum Gasteiger partial charge on any atom is -0.345 e. The Morgan fingerprint density at radius 1 is 1.24 bits per heavy atom. The van der Waals surface area contributed by atoms with Crippen LogP contribution in [0.4, 0.5) is 5.69 Å². The molecule has 0 bridgehead atoms. The van der Waals surface area contributed by atoms with Crippen LogP contribution in [0, 0.1) is 11.3 Å². The molecule has 2 rings (SSSR count). The molecule has 0 radical (unpaired) electrons. The van der Waals surface area contributed by atoms with Gasteiger partial charge in [0.05, 0.1) is 16.1 Å². The Morgan fingerprint density at radius 2 is 1.88 bits per heavy atom. The molecule has 6 heteroatoms. The third-order valence-corrected chi connectivity index (χ3v) is 4.82. The molecule has 1 unspecified atom stereocenters. The first-order chi connectivity index (χ1) is 11.5. The summed E-state index contributed by atoms with van der Waals surface area (Å²) in [6, 6.07) is 4.94. The van der Waals surface area contributed by atoms with Crippen molar-refractivity contribution >= 4 is 29.1 Å². The molecule has 1 aliphatic carbocycles. The van der Waals surface area contributed by atoms with Crippen LogP contribution in [0.3, 0.4) is 0 Å². The van der Waals surface area contributed by atoms with Gasteiger partial charge in [0.1, 0.15) is 0 Å². The number of nitrogens with one attached hydrogen (secondary N) is 2. The van der Waals surface area contributed by atoms with Gasteiger partial charge < -0.3 is 16.4 Å². The highest BCUT2D eigenvalue weighted by molar-refractivity contribution is 6.34. The maximum Gasteiger partial charge on any atom is 0.253 e. The second kappa shape index (κ2) is 7.34. The molecular formula is C19H28ClN3O2. The van der Waals surface area contributed by atoms with Crippen molar-refractivity contribution in [2.24, 2.45) is 17.1 Å². The topological polar surface area (TPSA) is 84.2 Å². The molecule has 4 N–H and O–H groups in total. The van der Waals surface area contributed by atoms with Crippen LogP contribution in [0.25, 0.3) is 0 Å². The Hall–Kier alpha value is -1.59. The van der Waals surface area contributed by atoms with E-state index in [1.54, 1.807) is 18.2 Å². The number of anilines is 1. The lowest BCUT2D eigenvalue weighted by Crippen LogP contribution is -2.53. The number of carbonyl (C=O) groups excluding carboxylic acids is 2. The van der Waals surface area contributed by atoms with E-state index in [-0.39, 0.29) is 17.2 Å². The van der Waals surface area contributed by atoms with Crippen LogP contribution >= 0.6 is 11.6 Å². The summed E-state index contributed by atoms with van der Waals surface area (Å²) >= 11 is 6.20. The Kier molecular flexibility index (Phi) is 5.79. The van der Waals surface area contributed by atoms with E-state index in [4.69, 9.17) is 17.3 Å². The molecule has 0 saturated heterocycles. The van der Waals surface area contributed by atoms with Crippen LogP contribution in [0.1, 0.15) is 57.3 Å². The van der Waals surface area contributed by atoms with Gasteiger partial charge in [-0.1, -0.05) is 32.4 Å². The highest BCUT2D eigenvalue weighted by Crippen LogP contribution is 2.39. The molecule has 1 fully saturated rings. The van der Waals surface area contributed by atoms with Crippen molar-refractivity contribution < 1.29 is 9.59 Å². The zero-order valence-electron chi connectivity index (χ0n) is 15.4. The standard InChI is InChI=1S/C19H28ClN3O2/c1-18(2,3)10-16(24)22-13-7-8-15(20)14(9-13)17(25)23-19(4,11-21)12-5-6-12/h7-9,12H,5-6,10-11,21H2,1-4H3,(H,22,24)(H,23,25). The average Bonchev–Trinajstić information content (AvgIpc) is 3.32. The Balaban J connectivity index is 2.12. The van der Waals surface area contributed by atoms with Crippen molar-refractivity contribution in [1.29, 1.82) is 0 Å². The van der Waals surface area contributed by atoms with Crippen LogP contribution in [0.15, 0.2) is 18.2 Å². The zero-order valence-corrected chi connectivity index (χ0v) is 16.2. The lowest BCUT2D eigenvalue weighted by atomic mass is 9.92. The van der Waals surface area contributed by atoms with Gasteiger partial charge in [-0.15, -0.1) is 0 Å². The Bertz CT molecular complexity index is 665. The molecule has 5 nitrogen and oxygen atoms in total. The van der Waals surface area contributed by atoms with Gasteiger partial charge in [-0.2, -0.15) is 0 Å². The molecule has 25 heavy (non-hydrogen) atoms. The molecule has 1 atom stereocenters. The molecule has 1 saturated carbocycles. The number of hydrogen-bond donors (Lipinski definition) is 3. The Morgan fingerprint density at radius 3 is 2.40 bits per heavy atom. The summed E-state index contributed by atoms with van der Waals surface area (Å²) in [5, 5.41) is 6.20. The van der Waals surface area contributed by atoms with Gasteiger partial charge in [0.2, 0.25) is 5.91 Å².